The Balaban J connectivity index is 2.35. The lowest BCUT2D eigenvalue weighted by atomic mass is 10.0. The van der Waals surface area contributed by atoms with Crippen LogP contribution < -0.4 is 9.47 Å². The Labute approximate surface area is 140 Å². The SMILES string of the molecule is C#CCOc1ccc(/C=C(/C#N)c2ccc(Cl)cc2)cc1OC. The normalized spacial score (nSPS) is 10.5. The lowest BCUT2D eigenvalue weighted by Crippen LogP contribution is -1.96. The van der Waals surface area contributed by atoms with E-state index in [2.05, 4.69) is 12.0 Å². The van der Waals surface area contributed by atoms with Crippen molar-refractivity contribution in [3.63, 3.8) is 0 Å². The Bertz CT molecular complexity index is 796. The second-order valence-corrected chi connectivity index (χ2v) is 5.02. The second kappa shape index (κ2) is 7.94. The van der Waals surface area contributed by atoms with Gasteiger partial charge in [-0.05, 0) is 41.5 Å². The van der Waals surface area contributed by atoms with Crippen LogP contribution in [0.5, 0.6) is 11.5 Å². The van der Waals surface area contributed by atoms with Gasteiger partial charge in [-0.25, -0.2) is 0 Å². The molecule has 0 atom stereocenters. The van der Waals surface area contributed by atoms with Gasteiger partial charge in [-0.2, -0.15) is 5.26 Å². The van der Waals surface area contributed by atoms with Gasteiger partial charge in [-0.1, -0.05) is 35.7 Å². The number of halogens is 1. The molecular formula is C19H14ClNO2. The maximum absolute atomic E-state index is 9.38. The fraction of sp³-hybridized carbons (Fsp3) is 0.105. The van der Waals surface area contributed by atoms with E-state index in [1.165, 1.54) is 0 Å². The minimum Gasteiger partial charge on any atom is -0.493 e. The van der Waals surface area contributed by atoms with Crippen molar-refractivity contribution in [2.75, 3.05) is 13.7 Å². The van der Waals surface area contributed by atoms with Gasteiger partial charge in [0, 0.05) is 5.02 Å². The molecule has 23 heavy (non-hydrogen) atoms. The number of hydrogen-bond acceptors (Lipinski definition) is 3. The maximum atomic E-state index is 9.38. The molecule has 2 rings (SSSR count). The first kappa shape index (κ1) is 16.5. The first-order chi connectivity index (χ1) is 11.2. The topological polar surface area (TPSA) is 42.2 Å². The Morgan fingerprint density at radius 2 is 1.96 bits per heavy atom. The van der Waals surface area contributed by atoms with Crippen LogP contribution in [-0.2, 0) is 0 Å². The van der Waals surface area contributed by atoms with Gasteiger partial charge >= 0.3 is 0 Å². The molecule has 0 unspecified atom stereocenters. The van der Waals surface area contributed by atoms with Gasteiger partial charge in [-0.3, -0.25) is 0 Å². The van der Waals surface area contributed by atoms with E-state index in [1.807, 2.05) is 6.07 Å². The Morgan fingerprint density at radius 3 is 2.57 bits per heavy atom. The fourth-order valence-electron chi connectivity index (χ4n) is 1.99. The van der Waals surface area contributed by atoms with Crippen LogP contribution in [0.15, 0.2) is 42.5 Å². The van der Waals surface area contributed by atoms with Crippen molar-refractivity contribution in [3.05, 3.63) is 58.6 Å². The maximum Gasteiger partial charge on any atom is 0.162 e. The van der Waals surface area contributed by atoms with Crippen molar-refractivity contribution >= 4 is 23.3 Å². The summed E-state index contributed by atoms with van der Waals surface area (Å²) in [4.78, 5) is 0. The van der Waals surface area contributed by atoms with Crippen molar-refractivity contribution in [1.29, 1.82) is 5.26 Å². The number of allylic oxidation sites excluding steroid dienone is 1. The van der Waals surface area contributed by atoms with Crippen LogP contribution in [0.4, 0.5) is 0 Å². The molecule has 3 nitrogen and oxygen atoms in total. The highest BCUT2D eigenvalue weighted by molar-refractivity contribution is 6.30. The lowest BCUT2D eigenvalue weighted by Gasteiger charge is -2.09. The molecule has 0 saturated carbocycles. The van der Waals surface area contributed by atoms with Crippen LogP contribution in [0.2, 0.25) is 5.02 Å². The molecule has 0 aromatic heterocycles. The highest BCUT2D eigenvalue weighted by Gasteiger charge is 2.06. The van der Waals surface area contributed by atoms with E-state index in [9.17, 15) is 5.26 Å². The molecule has 114 valence electrons. The third-order valence-corrected chi connectivity index (χ3v) is 3.34. The molecule has 0 fully saturated rings. The van der Waals surface area contributed by atoms with Crippen LogP contribution in [0.1, 0.15) is 11.1 Å². The van der Waals surface area contributed by atoms with Gasteiger partial charge in [0.25, 0.3) is 0 Å². The molecule has 0 amide bonds. The Kier molecular flexibility index (Phi) is 5.69. The highest BCUT2D eigenvalue weighted by atomic mass is 35.5. The fourth-order valence-corrected chi connectivity index (χ4v) is 2.11. The molecule has 0 aliphatic rings. The van der Waals surface area contributed by atoms with Crippen LogP contribution >= 0.6 is 11.6 Å². The van der Waals surface area contributed by atoms with Crippen molar-refractivity contribution < 1.29 is 9.47 Å². The van der Waals surface area contributed by atoms with E-state index in [4.69, 9.17) is 27.5 Å². The highest BCUT2D eigenvalue weighted by Crippen LogP contribution is 2.30. The monoisotopic (exact) mass is 323 g/mol. The van der Waals surface area contributed by atoms with Crippen molar-refractivity contribution in [2.24, 2.45) is 0 Å². The summed E-state index contributed by atoms with van der Waals surface area (Å²) in [6.45, 7) is 0.166. The molecule has 0 spiro atoms. The number of hydrogen-bond donors (Lipinski definition) is 0. The largest absolute Gasteiger partial charge is 0.493 e. The van der Waals surface area contributed by atoms with Gasteiger partial charge in [0.05, 0.1) is 18.8 Å². The van der Waals surface area contributed by atoms with E-state index in [-0.39, 0.29) is 6.61 Å². The Morgan fingerprint density at radius 1 is 1.22 bits per heavy atom. The number of rotatable bonds is 5. The third kappa shape index (κ3) is 4.30. The van der Waals surface area contributed by atoms with Gasteiger partial charge in [0.15, 0.2) is 11.5 Å². The van der Waals surface area contributed by atoms with Gasteiger partial charge in [-0.15, -0.1) is 6.42 Å². The zero-order valence-corrected chi connectivity index (χ0v) is 13.3. The predicted molar refractivity (Wildman–Crippen MR) is 92.3 cm³/mol. The average Bonchev–Trinajstić information content (AvgIpc) is 2.59. The van der Waals surface area contributed by atoms with E-state index in [0.717, 1.165) is 11.1 Å². The molecule has 0 aliphatic carbocycles. The summed E-state index contributed by atoms with van der Waals surface area (Å²) in [5.74, 6) is 3.53. The summed E-state index contributed by atoms with van der Waals surface area (Å²) in [5, 5.41) is 10.0. The number of benzene rings is 2. The molecule has 2 aromatic rings. The molecule has 0 N–H and O–H groups in total. The number of methoxy groups -OCH3 is 1. The summed E-state index contributed by atoms with van der Waals surface area (Å²) in [6.07, 6.45) is 6.96. The van der Waals surface area contributed by atoms with E-state index < -0.39 is 0 Å². The van der Waals surface area contributed by atoms with Crippen molar-refractivity contribution in [3.8, 4) is 29.9 Å². The molecular weight excluding hydrogens is 310 g/mol. The first-order valence-electron chi connectivity index (χ1n) is 6.80. The zero-order chi connectivity index (χ0) is 16.7. The molecule has 0 heterocycles. The van der Waals surface area contributed by atoms with Crippen molar-refractivity contribution in [1.82, 2.24) is 0 Å². The summed E-state index contributed by atoms with van der Waals surface area (Å²) in [6, 6.07) is 14.7. The van der Waals surface area contributed by atoms with Crippen molar-refractivity contribution in [2.45, 2.75) is 0 Å². The van der Waals surface area contributed by atoms with Gasteiger partial charge in [0.2, 0.25) is 0 Å². The summed E-state index contributed by atoms with van der Waals surface area (Å²) >= 11 is 5.87. The molecule has 0 bridgehead atoms. The van der Waals surface area contributed by atoms with Crippen LogP contribution in [0.3, 0.4) is 0 Å². The molecule has 4 heteroatoms. The zero-order valence-electron chi connectivity index (χ0n) is 12.5. The summed E-state index contributed by atoms with van der Waals surface area (Å²) < 4.78 is 10.7. The quantitative estimate of drug-likeness (QED) is 0.464. The first-order valence-corrected chi connectivity index (χ1v) is 7.17. The van der Waals surface area contributed by atoms with E-state index in [0.29, 0.717) is 22.1 Å². The summed E-state index contributed by atoms with van der Waals surface area (Å²) in [7, 11) is 1.55. The average molecular weight is 324 g/mol. The third-order valence-electron chi connectivity index (χ3n) is 3.09. The van der Waals surface area contributed by atoms with E-state index in [1.54, 1.807) is 49.6 Å². The lowest BCUT2D eigenvalue weighted by molar-refractivity contribution is 0.331. The number of terminal acetylenes is 1. The van der Waals surface area contributed by atoms with E-state index >= 15 is 0 Å². The smallest absolute Gasteiger partial charge is 0.162 e. The number of nitrogens with zero attached hydrogens (tertiary/aromatic N) is 1. The minimum atomic E-state index is 0.166. The minimum absolute atomic E-state index is 0.166. The molecule has 0 saturated heterocycles. The summed E-state index contributed by atoms with van der Waals surface area (Å²) in [5.41, 5.74) is 2.14. The number of nitriles is 1. The van der Waals surface area contributed by atoms with Crippen LogP contribution in [-0.4, -0.2) is 13.7 Å². The Hall–Kier alpha value is -2.88. The van der Waals surface area contributed by atoms with Crippen LogP contribution in [0.25, 0.3) is 11.6 Å². The van der Waals surface area contributed by atoms with Gasteiger partial charge in [0.1, 0.15) is 6.61 Å². The second-order valence-electron chi connectivity index (χ2n) is 4.58. The predicted octanol–water partition coefficient (Wildman–Crippen LogP) is 4.42. The standard InChI is InChI=1S/C19H14ClNO2/c1-3-10-23-18-9-4-14(12-19(18)22-2)11-16(13-21)15-5-7-17(20)8-6-15/h1,4-9,11-12H,10H2,2H3/b16-11-. The van der Waals surface area contributed by atoms with Crippen LogP contribution in [0, 0.1) is 23.7 Å². The molecule has 0 radical (unpaired) electrons. The molecule has 2 aromatic carbocycles. The number of ether oxygens (including phenoxy) is 2. The van der Waals surface area contributed by atoms with Gasteiger partial charge < -0.3 is 9.47 Å². The molecule has 0 aliphatic heterocycles.